The molecule has 0 unspecified atom stereocenters. The number of benzene rings is 3. The predicted octanol–water partition coefficient (Wildman–Crippen LogP) is 6.93. The van der Waals surface area contributed by atoms with Gasteiger partial charge in [0.15, 0.2) is 0 Å². The number of aryl methyl sites for hydroxylation is 2. The van der Waals surface area contributed by atoms with Crippen LogP contribution in [0.5, 0.6) is 0 Å². The van der Waals surface area contributed by atoms with Gasteiger partial charge >= 0.3 is 0 Å². The summed E-state index contributed by atoms with van der Waals surface area (Å²) in [7, 11) is 0. The maximum Gasteiger partial charge on any atom is -0.0129 e. The predicted molar refractivity (Wildman–Crippen MR) is 105 cm³/mol. The molecular weight excluding hydrogens is 288 g/mol. The molecule has 0 aliphatic carbocycles. The van der Waals surface area contributed by atoms with Gasteiger partial charge in [0.05, 0.1) is 0 Å². The smallest absolute Gasteiger partial charge is 0.0129 e. The summed E-state index contributed by atoms with van der Waals surface area (Å²) < 4.78 is 0. The third-order valence-electron chi connectivity index (χ3n) is 4.68. The van der Waals surface area contributed by atoms with Gasteiger partial charge in [0, 0.05) is 0 Å². The van der Waals surface area contributed by atoms with Crippen molar-refractivity contribution in [2.75, 3.05) is 0 Å². The Morgan fingerprint density at radius 1 is 0.583 bits per heavy atom. The fourth-order valence-corrected chi connectivity index (χ4v) is 3.41. The van der Waals surface area contributed by atoms with Crippen LogP contribution in [0.15, 0.2) is 66.7 Å². The van der Waals surface area contributed by atoms with Crippen molar-refractivity contribution in [1.29, 1.82) is 0 Å². The molecule has 3 aromatic carbocycles. The lowest BCUT2D eigenvalue weighted by molar-refractivity contribution is 0.585. The summed E-state index contributed by atoms with van der Waals surface area (Å²) in [5.41, 5.74) is 9.48. The van der Waals surface area contributed by atoms with Crippen LogP contribution in [0.1, 0.15) is 37.5 Å². The fraction of sp³-hybridized carbons (Fsp3) is 0.250. The van der Waals surface area contributed by atoms with E-state index in [1.165, 1.54) is 38.9 Å². The molecule has 122 valence electrons. The molecule has 0 amide bonds. The molecule has 0 saturated carbocycles. The highest BCUT2D eigenvalue weighted by molar-refractivity contribution is 5.73. The lowest BCUT2D eigenvalue weighted by Crippen LogP contribution is -2.13. The maximum atomic E-state index is 2.36. The first kappa shape index (κ1) is 16.5. The second-order valence-electron chi connectivity index (χ2n) is 7.68. The van der Waals surface area contributed by atoms with Crippen LogP contribution in [0.2, 0.25) is 0 Å². The van der Waals surface area contributed by atoms with Gasteiger partial charge in [0.2, 0.25) is 0 Å². The minimum atomic E-state index is 0.185. The molecule has 0 spiro atoms. The third kappa shape index (κ3) is 3.28. The van der Waals surface area contributed by atoms with Gasteiger partial charge in [-0.05, 0) is 58.2 Å². The van der Waals surface area contributed by atoms with Crippen LogP contribution in [0.3, 0.4) is 0 Å². The molecule has 0 aliphatic rings. The Labute approximate surface area is 146 Å². The molecule has 0 aliphatic heterocycles. The molecule has 0 aromatic heterocycles. The quantitative estimate of drug-likeness (QED) is 0.481. The van der Waals surface area contributed by atoms with Crippen molar-refractivity contribution in [1.82, 2.24) is 0 Å². The van der Waals surface area contributed by atoms with Crippen molar-refractivity contribution in [3.63, 3.8) is 0 Å². The third-order valence-corrected chi connectivity index (χ3v) is 4.68. The highest BCUT2D eigenvalue weighted by Gasteiger charge is 2.18. The van der Waals surface area contributed by atoms with E-state index in [0.29, 0.717) is 0 Å². The molecule has 0 heteroatoms. The zero-order chi connectivity index (χ0) is 17.3. The van der Waals surface area contributed by atoms with Gasteiger partial charge in [-0.1, -0.05) is 87.5 Å². The van der Waals surface area contributed by atoms with E-state index in [2.05, 4.69) is 101 Å². The van der Waals surface area contributed by atoms with Crippen molar-refractivity contribution < 1.29 is 0 Å². The van der Waals surface area contributed by atoms with Gasteiger partial charge in [-0.25, -0.2) is 0 Å². The Balaban J connectivity index is 2.00. The van der Waals surface area contributed by atoms with Crippen LogP contribution in [0.25, 0.3) is 22.3 Å². The van der Waals surface area contributed by atoms with E-state index in [4.69, 9.17) is 0 Å². The lowest BCUT2D eigenvalue weighted by Gasteiger charge is -2.23. The summed E-state index contributed by atoms with van der Waals surface area (Å²) in [5, 5.41) is 0. The van der Waals surface area contributed by atoms with E-state index in [0.717, 1.165) is 0 Å². The summed E-state index contributed by atoms with van der Waals surface area (Å²) in [6.07, 6.45) is 0. The van der Waals surface area contributed by atoms with Gasteiger partial charge in [-0.3, -0.25) is 0 Å². The largest absolute Gasteiger partial charge is 0.0622 e. The standard InChI is InChI=1S/C24H26/c1-17-16-23(24(3,4)5)18(2)15-22(17)21-13-11-20(12-14-21)19-9-7-6-8-10-19/h6-16H,1-5H3. The Bertz CT molecular complexity index is 832. The Morgan fingerprint density at radius 2 is 1.12 bits per heavy atom. The molecule has 0 nitrogen and oxygen atoms in total. The summed E-state index contributed by atoms with van der Waals surface area (Å²) >= 11 is 0. The summed E-state index contributed by atoms with van der Waals surface area (Å²) in [5.74, 6) is 0. The van der Waals surface area contributed by atoms with Crippen molar-refractivity contribution >= 4 is 0 Å². The first-order chi connectivity index (χ1) is 11.4. The summed E-state index contributed by atoms with van der Waals surface area (Å²) in [4.78, 5) is 0. The number of hydrogen-bond acceptors (Lipinski definition) is 0. The molecular formula is C24H26. The maximum absolute atomic E-state index is 2.36. The van der Waals surface area contributed by atoms with Crippen LogP contribution >= 0.6 is 0 Å². The highest BCUT2D eigenvalue weighted by Crippen LogP contribution is 2.33. The van der Waals surface area contributed by atoms with Crippen molar-refractivity contribution in [2.24, 2.45) is 0 Å². The molecule has 0 fully saturated rings. The average molecular weight is 314 g/mol. The average Bonchev–Trinajstić information content (AvgIpc) is 2.56. The molecule has 0 bridgehead atoms. The van der Waals surface area contributed by atoms with Crippen LogP contribution in [-0.4, -0.2) is 0 Å². The van der Waals surface area contributed by atoms with Gasteiger partial charge in [0.1, 0.15) is 0 Å². The van der Waals surface area contributed by atoms with Gasteiger partial charge in [-0.2, -0.15) is 0 Å². The van der Waals surface area contributed by atoms with Crippen LogP contribution in [-0.2, 0) is 5.41 Å². The van der Waals surface area contributed by atoms with Crippen molar-refractivity contribution in [3.8, 4) is 22.3 Å². The van der Waals surface area contributed by atoms with Crippen LogP contribution in [0.4, 0.5) is 0 Å². The van der Waals surface area contributed by atoms with Gasteiger partial charge < -0.3 is 0 Å². The topological polar surface area (TPSA) is 0 Å². The Morgan fingerprint density at radius 3 is 1.71 bits per heavy atom. The van der Waals surface area contributed by atoms with Crippen molar-refractivity contribution in [2.45, 2.75) is 40.0 Å². The molecule has 3 rings (SSSR count). The molecule has 0 radical (unpaired) electrons. The lowest BCUT2D eigenvalue weighted by atomic mass is 9.81. The molecule has 0 atom stereocenters. The van der Waals surface area contributed by atoms with E-state index < -0.39 is 0 Å². The number of hydrogen-bond donors (Lipinski definition) is 0. The monoisotopic (exact) mass is 314 g/mol. The minimum absolute atomic E-state index is 0.185. The Kier molecular flexibility index (Phi) is 4.32. The normalized spacial score (nSPS) is 11.5. The molecule has 0 N–H and O–H groups in total. The zero-order valence-corrected chi connectivity index (χ0v) is 15.4. The summed E-state index contributed by atoms with van der Waals surface area (Å²) in [6.45, 7) is 11.3. The van der Waals surface area contributed by atoms with E-state index >= 15 is 0 Å². The fourth-order valence-electron chi connectivity index (χ4n) is 3.41. The van der Waals surface area contributed by atoms with E-state index in [9.17, 15) is 0 Å². The summed E-state index contributed by atoms with van der Waals surface area (Å²) in [6, 6.07) is 24.1. The zero-order valence-electron chi connectivity index (χ0n) is 15.4. The van der Waals surface area contributed by atoms with Crippen molar-refractivity contribution in [3.05, 3.63) is 83.4 Å². The minimum Gasteiger partial charge on any atom is -0.0622 e. The van der Waals surface area contributed by atoms with Crippen LogP contribution in [0, 0.1) is 13.8 Å². The van der Waals surface area contributed by atoms with Gasteiger partial charge in [0.25, 0.3) is 0 Å². The second-order valence-corrected chi connectivity index (χ2v) is 7.68. The molecule has 0 heterocycles. The second kappa shape index (κ2) is 6.28. The first-order valence-corrected chi connectivity index (χ1v) is 8.64. The highest BCUT2D eigenvalue weighted by atomic mass is 14.2. The molecule has 3 aromatic rings. The Hall–Kier alpha value is -2.34. The van der Waals surface area contributed by atoms with Gasteiger partial charge in [-0.15, -0.1) is 0 Å². The van der Waals surface area contributed by atoms with E-state index in [1.54, 1.807) is 0 Å². The SMILES string of the molecule is Cc1cc(C(C)(C)C)c(C)cc1-c1ccc(-c2ccccc2)cc1. The van der Waals surface area contributed by atoms with E-state index in [1.807, 2.05) is 0 Å². The molecule has 24 heavy (non-hydrogen) atoms. The number of rotatable bonds is 2. The van der Waals surface area contributed by atoms with Crippen LogP contribution < -0.4 is 0 Å². The van der Waals surface area contributed by atoms with E-state index in [-0.39, 0.29) is 5.41 Å². The molecule has 0 saturated heterocycles. The first-order valence-electron chi connectivity index (χ1n) is 8.64.